The molecule has 0 aliphatic carbocycles. The number of hydrogen-bond donors (Lipinski definition) is 1. The van der Waals surface area contributed by atoms with Crippen LogP contribution >= 0.6 is 11.3 Å². The molecule has 0 aliphatic rings. The van der Waals surface area contributed by atoms with Gasteiger partial charge in [-0.25, -0.2) is 9.98 Å². The molecule has 0 fully saturated rings. The van der Waals surface area contributed by atoms with Crippen LogP contribution in [0.4, 0.5) is 10.9 Å². The number of hydrogen-bond acceptors (Lipinski definition) is 4. The number of allylic oxidation sites excluding steroid dienone is 4. The van der Waals surface area contributed by atoms with Crippen molar-refractivity contribution in [2.24, 2.45) is 4.99 Å². The summed E-state index contributed by atoms with van der Waals surface area (Å²) in [6, 6.07) is 0. The van der Waals surface area contributed by atoms with Crippen molar-refractivity contribution < 1.29 is 0 Å². The molecule has 0 aliphatic heterocycles. The van der Waals surface area contributed by atoms with E-state index in [9.17, 15) is 0 Å². The number of rotatable bonds is 4. The number of thiazole rings is 1. The maximum Gasteiger partial charge on any atom is 0.211 e. The van der Waals surface area contributed by atoms with Crippen molar-refractivity contribution in [1.82, 2.24) is 4.98 Å². The number of aryl methyl sites for hydroxylation is 1. The lowest BCUT2D eigenvalue weighted by Crippen LogP contribution is -1.87. The first kappa shape index (κ1) is 12.6. The number of aliphatic imine (C=N–C) groups is 1. The summed E-state index contributed by atoms with van der Waals surface area (Å²) in [6.07, 6.45) is 8.98. The van der Waals surface area contributed by atoms with Gasteiger partial charge in [0.25, 0.3) is 0 Å². The summed E-state index contributed by atoms with van der Waals surface area (Å²) in [5.41, 5.74) is 6.59. The van der Waals surface area contributed by atoms with E-state index < -0.39 is 0 Å². The van der Waals surface area contributed by atoms with Crippen molar-refractivity contribution in [3.63, 3.8) is 0 Å². The zero-order chi connectivity index (χ0) is 12.0. The van der Waals surface area contributed by atoms with Crippen LogP contribution in [0.5, 0.6) is 0 Å². The molecule has 1 aromatic rings. The lowest BCUT2D eigenvalue weighted by molar-refractivity contribution is 1.23. The predicted molar refractivity (Wildman–Crippen MR) is 72.6 cm³/mol. The Kier molecular flexibility index (Phi) is 4.92. The van der Waals surface area contributed by atoms with E-state index in [-0.39, 0.29) is 0 Å². The summed E-state index contributed by atoms with van der Waals surface area (Å²) in [7, 11) is 0. The third-order valence-electron chi connectivity index (χ3n) is 1.91. The summed E-state index contributed by atoms with van der Waals surface area (Å²) >= 11 is 1.51. The fourth-order valence-corrected chi connectivity index (χ4v) is 1.81. The highest BCUT2D eigenvalue weighted by atomic mass is 32.1. The van der Waals surface area contributed by atoms with Gasteiger partial charge in [0.05, 0.1) is 5.71 Å². The molecule has 1 heterocycles. The maximum atomic E-state index is 5.68. The molecule has 0 amide bonds. The van der Waals surface area contributed by atoms with E-state index in [4.69, 9.17) is 5.73 Å². The van der Waals surface area contributed by atoms with E-state index in [0.717, 1.165) is 17.0 Å². The molecular weight excluding hydrogens is 218 g/mol. The Morgan fingerprint density at radius 3 is 2.75 bits per heavy atom. The van der Waals surface area contributed by atoms with Gasteiger partial charge in [-0.3, -0.25) is 0 Å². The molecule has 4 heteroatoms. The predicted octanol–water partition coefficient (Wildman–Crippen LogP) is 3.65. The van der Waals surface area contributed by atoms with Gasteiger partial charge in [0.15, 0.2) is 0 Å². The summed E-state index contributed by atoms with van der Waals surface area (Å²) in [5, 5.41) is 0.712. The molecule has 0 radical (unpaired) electrons. The normalized spacial score (nSPS) is 13.1. The fraction of sp³-hybridized carbons (Fsp3) is 0.333. The van der Waals surface area contributed by atoms with E-state index in [1.54, 1.807) is 0 Å². The fourth-order valence-electron chi connectivity index (χ4n) is 1.09. The van der Waals surface area contributed by atoms with Gasteiger partial charge in [0.2, 0.25) is 5.13 Å². The van der Waals surface area contributed by atoms with Gasteiger partial charge in [0.1, 0.15) is 5.82 Å². The van der Waals surface area contributed by atoms with Crippen LogP contribution in [0.1, 0.15) is 25.1 Å². The number of nitrogen functional groups attached to an aromatic ring is 1. The topological polar surface area (TPSA) is 51.3 Å². The highest BCUT2D eigenvalue weighted by Crippen LogP contribution is 2.26. The van der Waals surface area contributed by atoms with Crippen molar-refractivity contribution in [3.05, 3.63) is 29.2 Å². The molecule has 0 saturated heterocycles. The smallest absolute Gasteiger partial charge is 0.211 e. The Hall–Kier alpha value is -1.42. The van der Waals surface area contributed by atoms with Gasteiger partial charge in [-0.1, -0.05) is 30.4 Å². The van der Waals surface area contributed by atoms with Crippen molar-refractivity contribution in [3.8, 4) is 0 Å². The minimum absolute atomic E-state index is 0.572. The monoisotopic (exact) mass is 235 g/mol. The number of anilines is 1. The molecule has 16 heavy (non-hydrogen) atoms. The average molecular weight is 235 g/mol. The van der Waals surface area contributed by atoms with Crippen LogP contribution in [0, 0.1) is 6.92 Å². The quantitative estimate of drug-likeness (QED) is 0.810. The van der Waals surface area contributed by atoms with Crippen LogP contribution in [0.15, 0.2) is 29.3 Å². The number of aromatic nitrogens is 1. The molecule has 1 rings (SSSR count). The minimum Gasteiger partial charge on any atom is -0.383 e. The maximum absolute atomic E-state index is 5.68. The zero-order valence-corrected chi connectivity index (χ0v) is 10.7. The van der Waals surface area contributed by atoms with Gasteiger partial charge in [-0.15, -0.1) is 0 Å². The second-order valence-electron chi connectivity index (χ2n) is 3.29. The van der Waals surface area contributed by atoms with Gasteiger partial charge < -0.3 is 5.73 Å². The Labute approximate surface area is 100 Å². The van der Waals surface area contributed by atoms with E-state index in [2.05, 4.69) is 23.0 Å². The molecule has 0 atom stereocenters. The van der Waals surface area contributed by atoms with Crippen molar-refractivity contribution >= 4 is 28.0 Å². The highest BCUT2D eigenvalue weighted by molar-refractivity contribution is 7.15. The first-order valence-electron chi connectivity index (χ1n) is 5.28. The van der Waals surface area contributed by atoms with Crippen LogP contribution in [0.25, 0.3) is 0 Å². The molecule has 86 valence electrons. The van der Waals surface area contributed by atoms with E-state index >= 15 is 0 Å². The lowest BCUT2D eigenvalue weighted by atomic mass is 10.3. The zero-order valence-electron chi connectivity index (χ0n) is 9.90. The summed E-state index contributed by atoms with van der Waals surface area (Å²) in [5.74, 6) is 0.572. The SMILES string of the molecule is C/C=C\C(/C=C\CC)=Nc1nc(N)c(C)s1. The van der Waals surface area contributed by atoms with Crippen molar-refractivity contribution in [2.45, 2.75) is 27.2 Å². The summed E-state index contributed by atoms with van der Waals surface area (Å²) in [6.45, 7) is 6.01. The van der Waals surface area contributed by atoms with Crippen LogP contribution in [-0.2, 0) is 0 Å². The molecule has 1 aromatic heterocycles. The van der Waals surface area contributed by atoms with E-state index in [1.807, 2.05) is 32.1 Å². The third-order valence-corrected chi connectivity index (χ3v) is 2.79. The number of nitrogens with zero attached hydrogens (tertiary/aromatic N) is 2. The molecule has 3 nitrogen and oxygen atoms in total. The molecule has 0 saturated carbocycles. The van der Waals surface area contributed by atoms with Gasteiger partial charge in [0, 0.05) is 4.88 Å². The first-order chi connectivity index (χ1) is 7.67. The Morgan fingerprint density at radius 1 is 1.50 bits per heavy atom. The molecular formula is C12H17N3S. The Bertz CT molecular complexity index is 408. The Morgan fingerprint density at radius 2 is 2.25 bits per heavy atom. The van der Waals surface area contributed by atoms with Crippen LogP contribution < -0.4 is 5.73 Å². The molecule has 2 N–H and O–H groups in total. The van der Waals surface area contributed by atoms with Crippen molar-refractivity contribution in [2.75, 3.05) is 5.73 Å². The van der Waals surface area contributed by atoms with E-state index in [0.29, 0.717) is 10.9 Å². The van der Waals surface area contributed by atoms with Crippen molar-refractivity contribution in [1.29, 1.82) is 0 Å². The Balaban J connectivity index is 2.97. The first-order valence-corrected chi connectivity index (χ1v) is 6.09. The van der Waals surface area contributed by atoms with Crippen LogP contribution in [-0.4, -0.2) is 10.7 Å². The van der Waals surface area contributed by atoms with Gasteiger partial charge in [-0.2, -0.15) is 0 Å². The van der Waals surface area contributed by atoms with Crippen LogP contribution in [0.3, 0.4) is 0 Å². The van der Waals surface area contributed by atoms with Crippen LogP contribution in [0.2, 0.25) is 0 Å². The molecule has 0 spiro atoms. The second-order valence-corrected chi connectivity index (χ2v) is 4.47. The summed E-state index contributed by atoms with van der Waals surface area (Å²) in [4.78, 5) is 9.63. The van der Waals surface area contributed by atoms with Gasteiger partial charge >= 0.3 is 0 Å². The third kappa shape index (κ3) is 3.62. The molecule has 0 aromatic carbocycles. The largest absolute Gasteiger partial charge is 0.383 e. The molecule has 0 unspecified atom stereocenters. The second kappa shape index (κ2) is 6.23. The van der Waals surface area contributed by atoms with Gasteiger partial charge in [-0.05, 0) is 32.4 Å². The average Bonchev–Trinajstić information content (AvgIpc) is 2.55. The molecule has 0 bridgehead atoms. The lowest BCUT2D eigenvalue weighted by Gasteiger charge is -1.91. The van der Waals surface area contributed by atoms with E-state index in [1.165, 1.54) is 11.3 Å². The minimum atomic E-state index is 0.572. The highest BCUT2D eigenvalue weighted by Gasteiger charge is 2.02. The summed E-state index contributed by atoms with van der Waals surface area (Å²) < 4.78 is 0. The standard InChI is InChI=1S/C12H17N3S/c1-4-6-8-10(7-5-2)14-12-15-11(13)9(3)16-12/h5-8H,4,13H2,1-3H3/b7-5-,8-6-,14-10?. The number of nitrogens with two attached hydrogens (primary N) is 1.